The van der Waals surface area contributed by atoms with E-state index in [1.165, 1.54) is 24.3 Å². The topological polar surface area (TPSA) is 124 Å². The minimum Gasteiger partial charge on any atom is -0.492 e. The maximum atomic E-state index is 12.1. The Labute approximate surface area is 164 Å². The van der Waals surface area contributed by atoms with Crippen molar-refractivity contribution in [2.24, 2.45) is 10.2 Å². The standard InChI is InChI=1S/C19H16N4O4S/c24-16(21-14-8-6-13(7-9-14)18(26)27)10-15-17(25)22-19(28-15)23-20-11-12-4-2-1-3-5-12/h1-9,25H,10-11H2,(H,21,24)(H,26,27). The summed E-state index contributed by atoms with van der Waals surface area (Å²) >= 11 is 1.08. The van der Waals surface area contributed by atoms with Crippen LogP contribution in [0.25, 0.3) is 0 Å². The fourth-order valence-electron chi connectivity index (χ4n) is 2.30. The predicted octanol–water partition coefficient (Wildman–Crippen LogP) is 4.01. The molecule has 0 saturated carbocycles. The molecule has 0 spiro atoms. The van der Waals surface area contributed by atoms with Gasteiger partial charge >= 0.3 is 5.97 Å². The Morgan fingerprint density at radius 1 is 1.07 bits per heavy atom. The highest BCUT2D eigenvalue weighted by Gasteiger charge is 2.14. The van der Waals surface area contributed by atoms with Crippen molar-refractivity contribution < 1.29 is 19.8 Å². The minimum atomic E-state index is -1.04. The van der Waals surface area contributed by atoms with E-state index in [1.807, 2.05) is 30.3 Å². The number of azo groups is 1. The van der Waals surface area contributed by atoms with Gasteiger partial charge in [0.25, 0.3) is 0 Å². The quantitative estimate of drug-likeness (QED) is 0.521. The number of carbonyl (C=O) groups is 2. The summed E-state index contributed by atoms with van der Waals surface area (Å²) in [5.41, 5.74) is 1.59. The molecule has 0 saturated heterocycles. The molecule has 3 N–H and O–H groups in total. The van der Waals surface area contributed by atoms with E-state index in [2.05, 4.69) is 20.5 Å². The largest absolute Gasteiger partial charge is 0.492 e. The summed E-state index contributed by atoms with van der Waals surface area (Å²) in [5, 5.41) is 29.7. The third kappa shape index (κ3) is 5.21. The normalized spacial score (nSPS) is 10.9. The molecular weight excluding hydrogens is 380 g/mol. The van der Waals surface area contributed by atoms with Crippen LogP contribution < -0.4 is 5.32 Å². The van der Waals surface area contributed by atoms with E-state index in [4.69, 9.17) is 5.11 Å². The van der Waals surface area contributed by atoms with Crippen molar-refractivity contribution in [1.82, 2.24) is 4.98 Å². The van der Waals surface area contributed by atoms with Crippen molar-refractivity contribution in [2.75, 3.05) is 5.32 Å². The molecule has 1 heterocycles. The Kier molecular flexibility index (Phi) is 6.07. The van der Waals surface area contributed by atoms with Crippen LogP contribution in [0.15, 0.2) is 64.8 Å². The van der Waals surface area contributed by atoms with Crippen LogP contribution in [-0.4, -0.2) is 27.1 Å². The molecule has 0 fully saturated rings. The number of nitrogens with one attached hydrogen (secondary N) is 1. The fourth-order valence-corrected chi connectivity index (χ4v) is 3.09. The van der Waals surface area contributed by atoms with Crippen molar-refractivity contribution >= 4 is 34.0 Å². The van der Waals surface area contributed by atoms with Crippen LogP contribution in [0.3, 0.4) is 0 Å². The summed E-state index contributed by atoms with van der Waals surface area (Å²) in [4.78, 5) is 27.3. The Bertz CT molecular complexity index is 1000. The fraction of sp³-hybridized carbons (Fsp3) is 0.105. The highest BCUT2D eigenvalue weighted by Crippen LogP contribution is 2.31. The summed E-state index contributed by atoms with van der Waals surface area (Å²) < 4.78 is 0. The number of aromatic carboxylic acids is 1. The lowest BCUT2D eigenvalue weighted by atomic mass is 10.2. The van der Waals surface area contributed by atoms with Gasteiger partial charge in [0.05, 0.1) is 23.4 Å². The molecule has 0 aliphatic carbocycles. The third-order valence-corrected chi connectivity index (χ3v) is 4.58. The van der Waals surface area contributed by atoms with Gasteiger partial charge in [-0.25, -0.2) is 4.79 Å². The average Bonchev–Trinajstić information content (AvgIpc) is 3.02. The van der Waals surface area contributed by atoms with Gasteiger partial charge in [-0.3, -0.25) is 4.79 Å². The number of hydrogen-bond acceptors (Lipinski definition) is 7. The minimum absolute atomic E-state index is 0.0849. The van der Waals surface area contributed by atoms with Gasteiger partial charge in [0.1, 0.15) is 0 Å². The third-order valence-electron chi connectivity index (χ3n) is 3.65. The monoisotopic (exact) mass is 396 g/mol. The molecule has 3 rings (SSSR count). The summed E-state index contributed by atoms with van der Waals surface area (Å²) in [6.07, 6.45) is -0.0849. The van der Waals surface area contributed by atoms with E-state index >= 15 is 0 Å². The van der Waals surface area contributed by atoms with Gasteiger partial charge in [0.15, 0.2) is 0 Å². The number of aromatic nitrogens is 1. The number of amides is 1. The first-order valence-corrected chi connectivity index (χ1v) is 9.06. The summed E-state index contributed by atoms with van der Waals surface area (Å²) in [6.45, 7) is 0.392. The van der Waals surface area contributed by atoms with E-state index < -0.39 is 5.97 Å². The molecule has 9 heteroatoms. The van der Waals surface area contributed by atoms with Crippen LogP contribution >= 0.6 is 11.3 Å². The Hall–Kier alpha value is -3.59. The van der Waals surface area contributed by atoms with Gasteiger partial charge < -0.3 is 15.5 Å². The smallest absolute Gasteiger partial charge is 0.335 e. The van der Waals surface area contributed by atoms with Crippen molar-refractivity contribution in [3.05, 3.63) is 70.6 Å². The molecule has 0 aliphatic heterocycles. The molecule has 2 aromatic carbocycles. The van der Waals surface area contributed by atoms with Gasteiger partial charge in [-0.2, -0.15) is 10.1 Å². The molecule has 0 radical (unpaired) electrons. The van der Waals surface area contributed by atoms with Gasteiger partial charge in [-0.1, -0.05) is 41.7 Å². The molecule has 0 bridgehead atoms. The number of aromatic hydroxyl groups is 1. The van der Waals surface area contributed by atoms with Crippen LogP contribution in [0, 0.1) is 0 Å². The average molecular weight is 396 g/mol. The molecule has 142 valence electrons. The first kappa shape index (κ1) is 19.2. The number of benzene rings is 2. The van der Waals surface area contributed by atoms with Crippen LogP contribution in [-0.2, 0) is 17.8 Å². The molecular formula is C19H16N4O4S. The van der Waals surface area contributed by atoms with E-state index in [0.717, 1.165) is 16.9 Å². The van der Waals surface area contributed by atoms with Gasteiger partial charge in [-0.15, -0.1) is 5.11 Å². The first-order valence-electron chi connectivity index (χ1n) is 8.24. The molecule has 0 unspecified atom stereocenters. The van der Waals surface area contributed by atoms with Gasteiger partial charge in [0.2, 0.25) is 16.9 Å². The number of carbonyl (C=O) groups excluding carboxylic acids is 1. The molecule has 3 aromatic rings. The molecule has 28 heavy (non-hydrogen) atoms. The van der Waals surface area contributed by atoms with E-state index in [1.54, 1.807) is 0 Å². The Morgan fingerprint density at radius 3 is 2.46 bits per heavy atom. The highest BCUT2D eigenvalue weighted by atomic mass is 32.1. The maximum Gasteiger partial charge on any atom is 0.335 e. The lowest BCUT2D eigenvalue weighted by Crippen LogP contribution is -2.13. The Morgan fingerprint density at radius 2 is 1.79 bits per heavy atom. The van der Waals surface area contributed by atoms with Crippen LogP contribution in [0.1, 0.15) is 20.8 Å². The van der Waals surface area contributed by atoms with E-state index in [-0.39, 0.29) is 28.9 Å². The van der Waals surface area contributed by atoms with Crippen molar-refractivity contribution in [1.29, 1.82) is 0 Å². The zero-order chi connectivity index (χ0) is 19.9. The second kappa shape index (κ2) is 8.87. The van der Waals surface area contributed by atoms with Crippen molar-refractivity contribution in [3.8, 4) is 5.88 Å². The predicted molar refractivity (Wildman–Crippen MR) is 104 cm³/mol. The first-order chi connectivity index (χ1) is 13.5. The zero-order valence-corrected chi connectivity index (χ0v) is 15.4. The number of hydrogen-bond donors (Lipinski definition) is 3. The number of thiazole rings is 1. The molecule has 1 aromatic heterocycles. The number of rotatable bonds is 7. The van der Waals surface area contributed by atoms with E-state index in [9.17, 15) is 14.7 Å². The summed E-state index contributed by atoms with van der Waals surface area (Å²) in [5.74, 6) is -1.66. The van der Waals surface area contributed by atoms with Gasteiger partial charge in [0, 0.05) is 5.69 Å². The summed E-state index contributed by atoms with van der Waals surface area (Å²) in [7, 11) is 0. The molecule has 8 nitrogen and oxygen atoms in total. The molecule has 0 atom stereocenters. The lowest BCUT2D eigenvalue weighted by molar-refractivity contribution is -0.115. The number of carboxylic acid groups (broad SMARTS) is 1. The number of anilines is 1. The molecule has 1 amide bonds. The van der Waals surface area contributed by atoms with Crippen molar-refractivity contribution in [2.45, 2.75) is 13.0 Å². The molecule has 0 aliphatic rings. The number of carboxylic acids is 1. The second-order valence-corrected chi connectivity index (χ2v) is 6.80. The highest BCUT2D eigenvalue weighted by molar-refractivity contribution is 7.15. The van der Waals surface area contributed by atoms with Crippen LogP contribution in [0.4, 0.5) is 10.8 Å². The SMILES string of the molecule is O=C(Cc1sc(N=NCc2ccccc2)nc1O)Nc1ccc(C(=O)O)cc1. The van der Waals surface area contributed by atoms with Crippen LogP contribution in [0.2, 0.25) is 0 Å². The summed E-state index contributed by atoms with van der Waals surface area (Å²) in [6, 6.07) is 15.4. The van der Waals surface area contributed by atoms with Crippen molar-refractivity contribution in [3.63, 3.8) is 0 Å². The van der Waals surface area contributed by atoms with E-state index in [0.29, 0.717) is 17.1 Å². The number of nitrogens with zero attached hydrogens (tertiary/aromatic N) is 3. The lowest BCUT2D eigenvalue weighted by Gasteiger charge is -2.04. The van der Waals surface area contributed by atoms with Crippen LogP contribution in [0.5, 0.6) is 5.88 Å². The second-order valence-electron chi connectivity index (χ2n) is 5.74. The van der Waals surface area contributed by atoms with Gasteiger partial charge in [-0.05, 0) is 29.8 Å². The Balaban J connectivity index is 1.58. The zero-order valence-electron chi connectivity index (χ0n) is 14.6. The maximum absolute atomic E-state index is 12.1.